The molecule has 166 valence electrons. The van der Waals surface area contributed by atoms with Crippen molar-refractivity contribution in [2.45, 2.75) is 39.3 Å². The predicted molar refractivity (Wildman–Crippen MR) is 127 cm³/mol. The van der Waals surface area contributed by atoms with Crippen LogP contribution in [0.25, 0.3) is 11.0 Å². The number of rotatable bonds is 5. The monoisotopic (exact) mass is 438 g/mol. The Morgan fingerprint density at radius 3 is 2.21 bits per heavy atom. The number of phenols is 1. The number of aromatic nitrogens is 2. The van der Waals surface area contributed by atoms with Gasteiger partial charge in [-0.2, -0.15) is 5.26 Å². The molecular formula is C27H26N4O2. The van der Waals surface area contributed by atoms with Gasteiger partial charge in [0.1, 0.15) is 11.8 Å². The van der Waals surface area contributed by atoms with E-state index in [0.29, 0.717) is 17.7 Å². The summed E-state index contributed by atoms with van der Waals surface area (Å²) in [6.45, 7) is 6.25. The van der Waals surface area contributed by atoms with Gasteiger partial charge in [-0.1, -0.05) is 63.2 Å². The normalized spacial score (nSPS) is 11.5. The second-order valence-corrected chi connectivity index (χ2v) is 9.18. The largest absolute Gasteiger partial charge is 0.506 e. The van der Waals surface area contributed by atoms with Crippen LogP contribution in [0.15, 0.2) is 66.7 Å². The van der Waals surface area contributed by atoms with Crippen molar-refractivity contribution in [1.82, 2.24) is 9.13 Å². The standard InChI is InChI=1S/C27H26N4O2/c1-27(2,3)21-14-19(13-20(15-28)25(21)33)24(32)17-31-23-12-8-7-11-22(23)30(26(31)29)16-18-9-5-4-6-10-18/h4-14,29,33H,16-17H2,1-3H3. The van der Waals surface area contributed by atoms with Crippen molar-refractivity contribution in [1.29, 1.82) is 10.7 Å². The minimum atomic E-state index is -0.439. The number of ketones is 1. The van der Waals surface area contributed by atoms with Crippen LogP contribution in [0.3, 0.4) is 0 Å². The smallest absolute Gasteiger partial charge is 0.203 e. The van der Waals surface area contributed by atoms with Gasteiger partial charge in [0.25, 0.3) is 0 Å². The average molecular weight is 439 g/mol. The molecule has 1 heterocycles. The Kier molecular flexibility index (Phi) is 5.65. The first-order valence-electron chi connectivity index (χ1n) is 10.8. The van der Waals surface area contributed by atoms with Crippen molar-refractivity contribution in [2.24, 2.45) is 0 Å². The van der Waals surface area contributed by atoms with Crippen LogP contribution in [0.2, 0.25) is 0 Å². The molecule has 4 aromatic rings. The molecule has 0 aliphatic carbocycles. The van der Waals surface area contributed by atoms with Gasteiger partial charge in [-0.15, -0.1) is 0 Å². The molecule has 6 heteroatoms. The number of carbonyl (C=O) groups excluding carboxylic acids is 1. The summed E-state index contributed by atoms with van der Waals surface area (Å²) in [7, 11) is 0. The molecule has 0 radical (unpaired) electrons. The maximum atomic E-state index is 13.3. The van der Waals surface area contributed by atoms with Gasteiger partial charge in [0.05, 0.1) is 29.7 Å². The summed E-state index contributed by atoms with van der Waals surface area (Å²) in [6, 6.07) is 22.6. The molecular weight excluding hydrogens is 412 g/mol. The van der Waals surface area contributed by atoms with Gasteiger partial charge in [-0.05, 0) is 35.2 Å². The van der Waals surface area contributed by atoms with Gasteiger partial charge in [-0.3, -0.25) is 10.2 Å². The van der Waals surface area contributed by atoms with E-state index in [1.54, 1.807) is 10.6 Å². The first kappa shape index (κ1) is 22.1. The van der Waals surface area contributed by atoms with Gasteiger partial charge in [0, 0.05) is 11.1 Å². The van der Waals surface area contributed by atoms with Crippen molar-refractivity contribution < 1.29 is 9.90 Å². The van der Waals surface area contributed by atoms with Crippen molar-refractivity contribution in [3.05, 3.63) is 94.6 Å². The van der Waals surface area contributed by atoms with Crippen LogP contribution in [0, 0.1) is 16.7 Å². The molecule has 33 heavy (non-hydrogen) atoms. The third kappa shape index (κ3) is 4.18. The highest BCUT2D eigenvalue weighted by molar-refractivity contribution is 5.97. The number of nitrogens with zero attached hydrogens (tertiary/aromatic N) is 3. The number of hydrogen-bond acceptors (Lipinski definition) is 4. The molecule has 0 saturated heterocycles. The Morgan fingerprint density at radius 2 is 1.61 bits per heavy atom. The molecule has 1 aromatic heterocycles. The summed E-state index contributed by atoms with van der Waals surface area (Å²) < 4.78 is 3.58. The summed E-state index contributed by atoms with van der Waals surface area (Å²) in [6.07, 6.45) is 0. The molecule has 3 aromatic carbocycles. The second kappa shape index (κ2) is 8.44. The number of fused-ring (bicyclic) bond motifs is 1. The van der Waals surface area contributed by atoms with Gasteiger partial charge in [0.15, 0.2) is 5.78 Å². The van der Waals surface area contributed by atoms with Gasteiger partial charge in [-0.25, -0.2) is 0 Å². The molecule has 4 rings (SSSR count). The molecule has 0 unspecified atom stereocenters. The van der Waals surface area contributed by atoms with E-state index in [1.807, 2.05) is 86.0 Å². The lowest BCUT2D eigenvalue weighted by molar-refractivity contribution is 0.0971. The van der Waals surface area contributed by atoms with E-state index in [0.717, 1.165) is 16.6 Å². The molecule has 0 bridgehead atoms. The maximum absolute atomic E-state index is 13.3. The molecule has 2 N–H and O–H groups in total. The number of benzene rings is 3. The zero-order valence-electron chi connectivity index (χ0n) is 19.0. The summed E-state index contributed by atoms with van der Waals surface area (Å²) in [5.74, 6) is -0.312. The SMILES string of the molecule is CC(C)(C)c1cc(C(=O)Cn2c(=N)n(Cc3ccccc3)c3ccccc32)cc(C#N)c1O. The zero-order chi connectivity index (χ0) is 23.8. The molecule has 0 spiro atoms. The molecule has 0 aliphatic heterocycles. The van der Waals surface area contributed by atoms with Crippen molar-refractivity contribution in [2.75, 3.05) is 0 Å². The Hall–Kier alpha value is -4.11. The van der Waals surface area contributed by atoms with Crippen molar-refractivity contribution >= 4 is 16.8 Å². The van der Waals surface area contributed by atoms with Crippen molar-refractivity contribution in [3.8, 4) is 11.8 Å². The van der Waals surface area contributed by atoms with E-state index in [-0.39, 0.29) is 29.3 Å². The number of nitriles is 1. The molecule has 6 nitrogen and oxygen atoms in total. The van der Waals surface area contributed by atoms with Crippen molar-refractivity contribution in [3.63, 3.8) is 0 Å². The fourth-order valence-electron chi connectivity index (χ4n) is 4.07. The maximum Gasteiger partial charge on any atom is 0.203 e. The lowest BCUT2D eigenvalue weighted by Gasteiger charge is -2.22. The Morgan fingerprint density at radius 1 is 1.00 bits per heavy atom. The lowest BCUT2D eigenvalue weighted by atomic mass is 9.83. The summed E-state index contributed by atoms with van der Waals surface area (Å²) in [5, 5.41) is 28.8. The second-order valence-electron chi connectivity index (χ2n) is 9.18. The van der Waals surface area contributed by atoms with E-state index in [4.69, 9.17) is 5.41 Å². The van der Waals surface area contributed by atoms with E-state index < -0.39 is 5.41 Å². The number of imidazole rings is 1. The number of nitrogens with one attached hydrogen (secondary N) is 1. The van der Waals surface area contributed by atoms with Gasteiger partial charge >= 0.3 is 0 Å². The number of Topliss-reactive ketones (excluding diaryl/α,β-unsaturated/α-hetero) is 1. The minimum absolute atomic E-state index is 0.0413. The Bertz CT molecular complexity index is 1450. The first-order chi connectivity index (χ1) is 15.7. The summed E-state index contributed by atoms with van der Waals surface area (Å²) in [4.78, 5) is 13.3. The topological polar surface area (TPSA) is 94.8 Å². The molecule has 0 aliphatic rings. The fraction of sp³-hybridized carbons (Fsp3) is 0.222. The number of para-hydroxylation sites is 2. The van der Waals surface area contributed by atoms with Gasteiger partial charge in [0.2, 0.25) is 5.62 Å². The molecule has 0 fully saturated rings. The number of carbonyl (C=O) groups is 1. The van der Waals surface area contributed by atoms with E-state index >= 15 is 0 Å². The quantitative estimate of drug-likeness (QED) is 0.441. The Balaban J connectivity index is 1.78. The average Bonchev–Trinajstić information content (AvgIpc) is 3.05. The first-order valence-corrected chi connectivity index (χ1v) is 10.8. The third-order valence-electron chi connectivity index (χ3n) is 5.82. The molecule has 0 atom stereocenters. The zero-order valence-corrected chi connectivity index (χ0v) is 19.0. The van der Waals surface area contributed by atoms with Crippen LogP contribution in [0.1, 0.15) is 47.8 Å². The number of phenolic OH excluding ortho intramolecular Hbond substituents is 1. The highest BCUT2D eigenvalue weighted by Crippen LogP contribution is 2.34. The van der Waals surface area contributed by atoms with Crippen LogP contribution in [-0.4, -0.2) is 20.0 Å². The third-order valence-corrected chi connectivity index (χ3v) is 5.82. The van der Waals surface area contributed by atoms with Crippen LogP contribution in [0.4, 0.5) is 0 Å². The lowest BCUT2D eigenvalue weighted by Crippen LogP contribution is -2.28. The van der Waals surface area contributed by atoms with Crippen LogP contribution < -0.4 is 5.62 Å². The van der Waals surface area contributed by atoms with E-state index in [2.05, 4.69) is 0 Å². The highest BCUT2D eigenvalue weighted by atomic mass is 16.3. The number of hydrogen-bond donors (Lipinski definition) is 2. The van der Waals surface area contributed by atoms with Crippen LogP contribution >= 0.6 is 0 Å². The van der Waals surface area contributed by atoms with E-state index in [9.17, 15) is 15.2 Å². The highest BCUT2D eigenvalue weighted by Gasteiger charge is 2.24. The minimum Gasteiger partial charge on any atom is -0.506 e. The predicted octanol–water partition coefficient (Wildman–Crippen LogP) is 4.73. The van der Waals surface area contributed by atoms with E-state index in [1.165, 1.54) is 6.07 Å². The Labute approximate surface area is 192 Å². The fourth-order valence-corrected chi connectivity index (χ4v) is 4.07. The van der Waals surface area contributed by atoms with Crippen LogP contribution in [0.5, 0.6) is 5.75 Å². The summed E-state index contributed by atoms with van der Waals surface area (Å²) >= 11 is 0. The van der Waals surface area contributed by atoms with Gasteiger partial charge < -0.3 is 14.2 Å². The van der Waals surface area contributed by atoms with Crippen LogP contribution in [-0.2, 0) is 18.5 Å². The molecule has 0 saturated carbocycles. The molecule has 0 amide bonds. The summed E-state index contributed by atoms with van der Waals surface area (Å²) in [5.41, 5.74) is 3.49. The number of aromatic hydroxyl groups is 1.